The van der Waals surface area contributed by atoms with Crippen molar-refractivity contribution in [3.63, 3.8) is 0 Å². The maximum atomic E-state index is 5.52. The summed E-state index contributed by atoms with van der Waals surface area (Å²) in [5.74, 6) is 2.65. The predicted molar refractivity (Wildman–Crippen MR) is 113 cm³/mol. The number of hydrogen-bond acceptors (Lipinski definition) is 5. The molecular formula is C22H29N4O3+. The molecule has 0 radical (unpaired) electrons. The van der Waals surface area contributed by atoms with Crippen LogP contribution in [0.4, 0.5) is 5.95 Å². The van der Waals surface area contributed by atoms with E-state index in [9.17, 15) is 0 Å². The molecule has 2 heterocycles. The number of aromatic amines is 1. The number of ether oxygens (including phenoxy) is 3. The van der Waals surface area contributed by atoms with Crippen LogP contribution in [0.3, 0.4) is 0 Å². The second-order valence-electron chi connectivity index (χ2n) is 7.13. The zero-order valence-corrected chi connectivity index (χ0v) is 17.1. The lowest BCUT2D eigenvalue weighted by Gasteiger charge is -2.26. The van der Waals surface area contributed by atoms with E-state index in [0.29, 0.717) is 6.54 Å². The summed E-state index contributed by atoms with van der Waals surface area (Å²) < 4.78 is 18.7. The lowest BCUT2D eigenvalue weighted by molar-refractivity contribution is -0.656. The van der Waals surface area contributed by atoms with Crippen molar-refractivity contribution in [2.45, 2.75) is 13.1 Å². The normalized spacial score (nSPS) is 14.8. The molecule has 0 bridgehead atoms. The first-order valence-corrected chi connectivity index (χ1v) is 10.0. The molecule has 1 aliphatic heterocycles. The van der Waals surface area contributed by atoms with Crippen LogP contribution < -0.4 is 19.4 Å². The molecule has 0 spiro atoms. The van der Waals surface area contributed by atoms with Crippen LogP contribution in [0.5, 0.6) is 11.5 Å². The molecule has 3 aromatic rings. The molecule has 4 rings (SSSR count). The molecule has 1 aromatic heterocycles. The minimum atomic E-state index is 0.630. The highest BCUT2D eigenvalue weighted by Gasteiger charge is 2.19. The Morgan fingerprint density at radius 2 is 1.93 bits per heavy atom. The van der Waals surface area contributed by atoms with Crippen LogP contribution in [0.2, 0.25) is 0 Å². The van der Waals surface area contributed by atoms with Crippen molar-refractivity contribution in [2.24, 2.45) is 0 Å². The summed E-state index contributed by atoms with van der Waals surface area (Å²) in [6, 6.07) is 14.3. The number of aromatic nitrogens is 2. The van der Waals surface area contributed by atoms with Gasteiger partial charge in [0.05, 0.1) is 40.5 Å². The van der Waals surface area contributed by atoms with Gasteiger partial charge in [-0.3, -0.25) is 10.2 Å². The third-order valence-electron chi connectivity index (χ3n) is 5.40. The summed E-state index contributed by atoms with van der Waals surface area (Å²) in [4.78, 5) is 5.98. The topological polar surface area (TPSA) is 62.6 Å². The average Bonchev–Trinajstić information content (AvgIpc) is 3.14. The first-order valence-electron chi connectivity index (χ1n) is 10.0. The summed E-state index contributed by atoms with van der Waals surface area (Å²) in [5.41, 5.74) is 3.36. The Labute approximate surface area is 171 Å². The molecule has 7 heteroatoms. The second-order valence-corrected chi connectivity index (χ2v) is 7.13. The van der Waals surface area contributed by atoms with E-state index in [1.54, 1.807) is 14.2 Å². The van der Waals surface area contributed by atoms with Gasteiger partial charge in [0.2, 0.25) is 0 Å². The van der Waals surface area contributed by atoms with E-state index < -0.39 is 0 Å². The fraction of sp³-hybridized carbons (Fsp3) is 0.409. The number of imidazole rings is 1. The zero-order chi connectivity index (χ0) is 20.1. The number of rotatable bonds is 8. The van der Waals surface area contributed by atoms with Crippen molar-refractivity contribution in [3.05, 3.63) is 48.0 Å². The highest BCUT2D eigenvalue weighted by molar-refractivity contribution is 5.72. The fourth-order valence-electron chi connectivity index (χ4n) is 3.77. The number of fused-ring (bicyclic) bond motifs is 1. The van der Waals surface area contributed by atoms with Crippen molar-refractivity contribution in [1.29, 1.82) is 0 Å². The van der Waals surface area contributed by atoms with Crippen LogP contribution in [0.15, 0.2) is 42.5 Å². The van der Waals surface area contributed by atoms with Gasteiger partial charge in [0.25, 0.3) is 0 Å². The number of anilines is 1. The molecular weight excluding hydrogens is 368 g/mol. The van der Waals surface area contributed by atoms with Gasteiger partial charge in [-0.1, -0.05) is 12.1 Å². The minimum Gasteiger partial charge on any atom is -0.497 e. The van der Waals surface area contributed by atoms with E-state index in [2.05, 4.69) is 44.0 Å². The van der Waals surface area contributed by atoms with Crippen molar-refractivity contribution < 1.29 is 18.8 Å². The largest absolute Gasteiger partial charge is 0.497 e. The van der Waals surface area contributed by atoms with E-state index in [0.717, 1.165) is 67.9 Å². The maximum absolute atomic E-state index is 5.52. The monoisotopic (exact) mass is 397 g/mol. The minimum absolute atomic E-state index is 0.630. The third-order valence-corrected chi connectivity index (χ3v) is 5.40. The van der Waals surface area contributed by atoms with E-state index in [1.807, 2.05) is 18.2 Å². The predicted octanol–water partition coefficient (Wildman–Crippen LogP) is 2.42. The number of hydrogen-bond donors (Lipinski definition) is 2. The Bertz CT molecular complexity index is 950. The van der Waals surface area contributed by atoms with Gasteiger partial charge in [-0.25, -0.2) is 9.55 Å². The summed E-state index contributed by atoms with van der Waals surface area (Å²) in [5, 5.41) is 3.56. The van der Waals surface area contributed by atoms with Crippen molar-refractivity contribution >= 4 is 17.0 Å². The lowest BCUT2D eigenvalue weighted by Crippen LogP contribution is -2.45. The highest BCUT2D eigenvalue weighted by Crippen LogP contribution is 2.24. The molecule has 29 heavy (non-hydrogen) atoms. The van der Waals surface area contributed by atoms with Gasteiger partial charge in [0, 0.05) is 25.2 Å². The molecule has 0 amide bonds. The Balaban J connectivity index is 1.55. The summed E-state index contributed by atoms with van der Waals surface area (Å²) in [7, 11) is 3.37. The maximum Gasteiger partial charge on any atom is 0.356 e. The van der Waals surface area contributed by atoms with Gasteiger partial charge < -0.3 is 14.2 Å². The molecule has 1 aliphatic rings. The van der Waals surface area contributed by atoms with Gasteiger partial charge in [-0.05, 0) is 30.3 Å². The Hall–Kier alpha value is -2.77. The van der Waals surface area contributed by atoms with Crippen LogP contribution in [0.1, 0.15) is 5.56 Å². The van der Waals surface area contributed by atoms with Crippen LogP contribution in [0.25, 0.3) is 11.0 Å². The van der Waals surface area contributed by atoms with E-state index >= 15 is 0 Å². The molecule has 2 aromatic carbocycles. The van der Waals surface area contributed by atoms with Crippen molar-refractivity contribution in [1.82, 2.24) is 9.88 Å². The summed E-state index contributed by atoms with van der Waals surface area (Å²) in [6.07, 6.45) is 0. The molecule has 0 aliphatic carbocycles. The van der Waals surface area contributed by atoms with Gasteiger partial charge in [-0.2, -0.15) is 0 Å². The van der Waals surface area contributed by atoms with Gasteiger partial charge in [0.15, 0.2) is 0 Å². The Kier molecular flexibility index (Phi) is 6.17. The van der Waals surface area contributed by atoms with E-state index in [-0.39, 0.29) is 0 Å². The number of nitrogens with zero attached hydrogens (tertiary/aromatic N) is 2. The van der Waals surface area contributed by atoms with Crippen LogP contribution in [-0.2, 0) is 17.8 Å². The fourth-order valence-corrected chi connectivity index (χ4v) is 3.77. The Morgan fingerprint density at radius 1 is 1.10 bits per heavy atom. The average molecular weight is 397 g/mol. The van der Waals surface area contributed by atoms with Crippen LogP contribution in [-0.4, -0.2) is 57.0 Å². The number of para-hydroxylation sites is 2. The standard InChI is InChI=1S/C22H28N4O3/c1-27-18-7-8-21(28-2)17(15-18)16-23-22-24-19-5-3-4-6-20(19)26(22)10-9-25-11-13-29-14-12-25/h3-8,15H,9-14,16H2,1-2H3,(H,23,24)/p+1. The van der Waals surface area contributed by atoms with Crippen molar-refractivity contribution in [2.75, 3.05) is 52.4 Å². The number of nitrogens with one attached hydrogen (secondary N) is 2. The molecule has 154 valence electrons. The molecule has 0 saturated carbocycles. The quantitative estimate of drug-likeness (QED) is 0.572. The van der Waals surface area contributed by atoms with Crippen molar-refractivity contribution in [3.8, 4) is 11.5 Å². The Morgan fingerprint density at radius 3 is 2.72 bits per heavy atom. The number of morpholine rings is 1. The lowest BCUT2D eigenvalue weighted by atomic mass is 10.2. The van der Waals surface area contributed by atoms with E-state index in [4.69, 9.17) is 14.2 Å². The second kappa shape index (κ2) is 9.15. The van der Waals surface area contributed by atoms with Crippen LogP contribution in [0, 0.1) is 0 Å². The zero-order valence-electron chi connectivity index (χ0n) is 17.1. The molecule has 7 nitrogen and oxygen atoms in total. The van der Waals surface area contributed by atoms with Gasteiger partial charge >= 0.3 is 5.95 Å². The summed E-state index contributed by atoms with van der Waals surface area (Å²) in [6.45, 7) is 6.15. The number of benzene rings is 2. The first-order chi connectivity index (χ1) is 14.3. The number of methoxy groups -OCH3 is 2. The molecule has 1 fully saturated rings. The molecule has 0 atom stereocenters. The molecule has 2 N–H and O–H groups in total. The molecule has 1 saturated heterocycles. The van der Waals surface area contributed by atoms with Crippen LogP contribution >= 0.6 is 0 Å². The first kappa shape index (κ1) is 19.5. The summed E-state index contributed by atoms with van der Waals surface area (Å²) >= 11 is 0. The molecule has 0 unspecified atom stereocenters. The SMILES string of the molecule is COc1ccc(OC)c(CNc2[nH]c3ccccc3[n+]2CCN2CCOCC2)c1. The smallest absolute Gasteiger partial charge is 0.356 e. The highest BCUT2D eigenvalue weighted by atomic mass is 16.5. The van der Waals surface area contributed by atoms with E-state index in [1.165, 1.54) is 5.52 Å². The third kappa shape index (κ3) is 4.46. The number of H-pyrrole nitrogens is 1. The van der Waals surface area contributed by atoms with Gasteiger partial charge in [-0.15, -0.1) is 0 Å². The van der Waals surface area contributed by atoms with Gasteiger partial charge in [0.1, 0.15) is 22.5 Å².